The van der Waals surface area contributed by atoms with E-state index in [0.717, 1.165) is 38.0 Å². The van der Waals surface area contributed by atoms with Crippen LogP contribution in [0.4, 0.5) is 5.82 Å². The molecule has 6 heteroatoms. The van der Waals surface area contributed by atoms with Crippen molar-refractivity contribution >= 4 is 11.8 Å². The quantitative estimate of drug-likeness (QED) is 0.939. The summed E-state index contributed by atoms with van der Waals surface area (Å²) in [5, 5.41) is 18.1. The number of aromatic carboxylic acids is 1. The van der Waals surface area contributed by atoms with E-state index >= 15 is 0 Å². The van der Waals surface area contributed by atoms with E-state index in [1.807, 2.05) is 29.2 Å². The van der Waals surface area contributed by atoms with E-state index in [1.165, 1.54) is 10.4 Å². The van der Waals surface area contributed by atoms with Gasteiger partial charge in [-0.15, -0.1) is 15.0 Å². The highest BCUT2D eigenvalue weighted by molar-refractivity contribution is 5.91. The highest BCUT2D eigenvalue weighted by atomic mass is 16.4. The van der Waals surface area contributed by atoms with Crippen molar-refractivity contribution in [1.82, 2.24) is 15.0 Å². The molecule has 1 aliphatic rings. The summed E-state index contributed by atoms with van der Waals surface area (Å²) in [5.74, 6) is 0.121. The number of nitrogens with zero attached hydrogens (tertiary/aromatic N) is 4. The van der Waals surface area contributed by atoms with E-state index in [1.54, 1.807) is 0 Å². The minimum atomic E-state index is -1.03. The van der Waals surface area contributed by atoms with Crippen LogP contribution in [0.5, 0.6) is 0 Å². The lowest BCUT2D eigenvalue weighted by atomic mass is 9.99. The van der Waals surface area contributed by atoms with Gasteiger partial charge in [-0.05, 0) is 42.9 Å². The van der Waals surface area contributed by atoms with Crippen molar-refractivity contribution in [3.05, 3.63) is 35.5 Å². The molecule has 0 atom stereocenters. The van der Waals surface area contributed by atoms with Crippen LogP contribution in [0.2, 0.25) is 0 Å². The van der Waals surface area contributed by atoms with Crippen LogP contribution < -0.4 is 4.90 Å². The van der Waals surface area contributed by atoms with Crippen molar-refractivity contribution < 1.29 is 9.90 Å². The maximum Gasteiger partial charge on any atom is 0.360 e. The fourth-order valence-corrected chi connectivity index (χ4v) is 2.85. The van der Waals surface area contributed by atoms with Crippen molar-refractivity contribution in [2.24, 2.45) is 5.92 Å². The van der Waals surface area contributed by atoms with Crippen LogP contribution in [0.15, 0.2) is 24.3 Å². The number of aromatic nitrogens is 3. The number of piperidine rings is 1. The Morgan fingerprint density at radius 3 is 2.43 bits per heavy atom. The van der Waals surface area contributed by atoms with Gasteiger partial charge >= 0.3 is 5.97 Å². The van der Waals surface area contributed by atoms with Crippen LogP contribution in [-0.4, -0.2) is 39.2 Å². The van der Waals surface area contributed by atoms with Crippen LogP contribution in [0.1, 0.15) is 42.7 Å². The number of carboxylic acids is 1. The fraction of sp³-hybridized carbons (Fsp3) is 0.471. The predicted octanol–water partition coefficient (Wildman–Crippen LogP) is 2.76. The third-order valence-corrected chi connectivity index (χ3v) is 4.46. The maximum absolute atomic E-state index is 11.5. The van der Waals surface area contributed by atoms with Gasteiger partial charge in [0.2, 0.25) is 5.69 Å². The Morgan fingerprint density at radius 1 is 1.22 bits per heavy atom. The molecule has 1 fully saturated rings. The molecule has 1 aromatic heterocycles. The first-order valence-corrected chi connectivity index (χ1v) is 8.13. The summed E-state index contributed by atoms with van der Waals surface area (Å²) < 4.78 is 0. The number of carbonyl (C=O) groups is 1. The molecule has 1 aromatic carbocycles. The summed E-state index contributed by atoms with van der Waals surface area (Å²) in [6.07, 6.45) is 3.07. The van der Waals surface area contributed by atoms with Crippen LogP contribution in [0.3, 0.4) is 0 Å². The first-order valence-electron chi connectivity index (χ1n) is 8.13. The molecule has 3 rings (SSSR count). The highest BCUT2D eigenvalue weighted by Crippen LogP contribution is 2.24. The second-order valence-electron chi connectivity index (χ2n) is 6.16. The van der Waals surface area contributed by atoms with Crippen LogP contribution >= 0.6 is 0 Å². The van der Waals surface area contributed by atoms with Gasteiger partial charge in [0.25, 0.3) is 0 Å². The fourth-order valence-electron chi connectivity index (χ4n) is 2.85. The molecule has 23 heavy (non-hydrogen) atoms. The van der Waals surface area contributed by atoms with E-state index in [9.17, 15) is 9.90 Å². The second kappa shape index (κ2) is 6.40. The van der Waals surface area contributed by atoms with Crippen molar-refractivity contribution in [2.45, 2.75) is 33.1 Å². The average Bonchev–Trinajstić information content (AvgIpc) is 3.01. The Labute approximate surface area is 135 Å². The third kappa shape index (κ3) is 3.21. The van der Waals surface area contributed by atoms with E-state index in [0.29, 0.717) is 11.7 Å². The summed E-state index contributed by atoms with van der Waals surface area (Å²) in [5.41, 5.74) is 2.03. The maximum atomic E-state index is 11.5. The summed E-state index contributed by atoms with van der Waals surface area (Å²) in [6.45, 7) is 5.98. The summed E-state index contributed by atoms with van der Waals surface area (Å²) in [6, 6.07) is 7.88. The highest BCUT2D eigenvalue weighted by Gasteiger charge is 2.26. The number of carboxylic acid groups (broad SMARTS) is 1. The van der Waals surface area contributed by atoms with Crippen molar-refractivity contribution in [3.63, 3.8) is 0 Å². The van der Waals surface area contributed by atoms with Gasteiger partial charge in [-0.3, -0.25) is 0 Å². The van der Waals surface area contributed by atoms with E-state index in [4.69, 9.17) is 0 Å². The van der Waals surface area contributed by atoms with Gasteiger partial charge in [-0.1, -0.05) is 26.0 Å². The molecule has 2 heterocycles. The lowest BCUT2D eigenvalue weighted by Gasteiger charge is -2.30. The standard InChI is InChI=1S/C17H22N4O2/c1-3-13-4-6-14(7-5-13)21-18-15(17(22)23)16(19-21)20-10-8-12(2)9-11-20/h4-7,12H,3,8-11H2,1-2H3,(H,22,23). The van der Waals surface area contributed by atoms with Gasteiger partial charge in [0.1, 0.15) is 0 Å². The molecule has 0 radical (unpaired) electrons. The molecule has 0 bridgehead atoms. The lowest BCUT2D eigenvalue weighted by Crippen LogP contribution is -2.34. The third-order valence-electron chi connectivity index (χ3n) is 4.46. The molecule has 1 aliphatic heterocycles. The minimum absolute atomic E-state index is 0.0270. The Balaban J connectivity index is 1.93. The Kier molecular flexibility index (Phi) is 4.32. The molecular weight excluding hydrogens is 292 g/mol. The van der Waals surface area contributed by atoms with Gasteiger partial charge in [0.05, 0.1) is 5.69 Å². The zero-order valence-corrected chi connectivity index (χ0v) is 13.6. The van der Waals surface area contributed by atoms with Crippen molar-refractivity contribution in [3.8, 4) is 5.69 Å². The molecule has 122 valence electrons. The number of aryl methyl sites for hydroxylation is 1. The lowest BCUT2D eigenvalue weighted by molar-refractivity contribution is 0.0690. The number of rotatable bonds is 4. The smallest absolute Gasteiger partial charge is 0.360 e. The number of hydrogen-bond donors (Lipinski definition) is 1. The molecule has 1 saturated heterocycles. The summed E-state index contributed by atoms with van der Waals surface area (Å²) in [7, 11) is 0. The Hall–Kier alpha value is -2.37. The second-order valence-corrected chi connectivity index (χ2v) is 6.16. The molecule has 0 aliphatic carbocycles. The van der Waals surface area contributed by atoms with Gasteiger partial charge < -0.3 is 10.0 Å². The van der Waals surface area contributed by atoms with Crippen molar-refractivity contribution in [2.75, 3.05) is 18.0 Å². The monoisotopic (exact) mass is 314 g/mol. The van der Waals surface area contributed by atoms with Crippen molar-refractivity contribution in [1.29, 1.82) is 0 Å². The average molecular weight is 314 g/mol. The van der Waals surface area contributed by atoms with E-state index in [-0.39, 0.29) is 5.69 Å². The molecule has 1 N–H and O–H groups in total. The Bertz CT molecular complexity index is 685. The molecule has 6 nitrogen and oxygen atoms in total. The first-order chi connectivity index (χ1) is 11.1. The van der Waals surface area contributed by atoms with Crippen LogP contribution in [0, 0.1) is 5.92 Å². The zero-order chi connectivity index (χ0) is 16.4. The van der Waals surface area contributed by atoms with E-state index in [2.05, 4.69) is 24.0 Å². The zero-order valence-electron chi connectivity index (χ0n) is 13.6. The van der Waals surface area contributed by atoms with Crippen LogP contribution in [0.25, 0.3) is 5.69 Å². The molecule has 0 saturated carbocycles. The summed E-state index contributed by atoms with van der Waals surface area (Å²) >= 11 is 0. The topological polar surface area (TPSA) is 71.2 Å². The van der Waals surface area contributed by atoms with Gasteiger partial charge in [-0.25, -0.2) is 4.79 Å². The Morgan fingerprint density at radius 2 is 1.87 bits per heavy atom. The minimum Gasteiger partial charge on any atom is -0.476 e. The number of anilines is 1. The van der Waals surface area contributed by atoms with E-state index < -0.39 is 5.97 Å². The molecule has 0 amide bonds. The molecule has 2 aromatic rings. The van der Waals surface area contributed by atoms with Gasteiger partial charge in [-0.2, -0.15) is 0 Å². The van der Waals surface area contributed by atoms with Crippen LogP contribution in [-0.2, 0) is 6.42 Å². The predicted molar refractivity (Wildman–Crippen MR) is 88.3 cm³/mol. The normalized spacial score (nSPS) is 15.8. The molecule has 0 unspecified atom stereocenters. The van der Waals surface area contributed by atoms with Gasteiger partial charge in [0, 0.05) is 13.1 Å². The van der Waals surface area contributed by atoms with Gasteiger partial charge in [0.15, 0.2) is 5.82 Å². The first kappa shape index (κ1) is 15.5. The molecular formula is C17H22N4O2. The largest absolute Gasteiger partial charge is 0.476 e. The molecule has 0 spiro atoms. The number of hydrogen-bond acceptors (Lipinski definition) is 4. The SMILES string of the molecule is CCc1ccc(-n2nc(C(=O)O)c(N3CCC(C)CC3)n2)cc1. The number of benzene rings is 1. The summed E-state index contributed by atoms with van der Waals surface area (Å²) in [4.78, 5) is 15.0.